The number of hydrogen-bond acceptors (Lipinski definition) is 2. The highest BCUT2D eigenvalue weighted by molar-refractivity contribution is 5.10. The van der Waals surface area contributed by atoms with Crippen molar-refractivity contribution in [1.29, 1.82) is 0 Å². The summed E-state index contributed by atoms with van der Waals surface area (Å²) in [6, 6.07) is 0.726. The van der Waals surface area contributed by atoms with Crippen LogP contribution in [0, 0.1) is 5.92 Å². The van der Waals surface area contributed by atoms with Gasteiger partial charge in [0.25, 0.3) is 0 Å². The molecule has 2 atom stereocenters. The summed E-state index contributed by atoms with van der Waals surface area (Å²) in [5.41, 5.74) is 0.968. The Bertz CT molecular complexity index is 268. The SMILES string of the molecule is CC1CNC(C)(C2CC2)CN1C1(C)CC1. The fraction of sp³-hybridized carbons (Fsp3) is 1.00. The molecule has 86 valence electrons. The zero-order valence-corrected chi connectivity index (χ0v) is 10.3. The number of nitrogens with one attached hydrogen (secondary N) is 1. The van der Waals surface area contributed by atoms with Gasteiger partial charge in [-0.2, -0.15) is 0 Å². The van der Waals surface area contributed by atoms with E-state index >= 15 is 0 Å². The Morgan fingerprint density at radius 2 is 1.87 bits per heavy atom. The summed E-state index contributed by atoms with van der Waals surface area (Å²) >= 11 is 0. The fourth-order valence-electron chi connectivity index (χ4n) is 3.24. The van der Waals surface area contributed by atoms with Gasteiger partial charge in [-0.05, 0) is 52.4 Å². The van der Waals surface area contributed by atoms with Gasteiger partial charge >= 0.3 is 0 Å². The van der Waals surface area contributed by atoms with Gasteiger partial charge < -0.3 is 5.32 Å². The molecule has 0 radical (unpaired) electrons. The number of hydrogen-bond donors (Lipinski definition) is 1. The molecule has 2 saturated carbocycles. The Morgan fingerprint density at radius 3 is 2.40 bits per heavy atom. The number of nitrogens with zero attached hydrogens (tertiary/aromatic N) is 1. The van der Waals surface area contributed by atoms with Gasteiger partial charge in [0.1, 0.15) is 0 Å². The van der Waals surface area contributed by atoms with Crippen LogP contribution in [0.25, 0.3) is 0 Å². The molecule has 2 heteroatoms. The summed E-state index contributed by atoms with van der Waals surface area (Å²) in [5, 5.41) is 3.80. The molecule has 0 spiro atoms. The minimum absolute atomic E-state index is 0.415. The lowest BCUT2D eigenvalue weighted by atomic mass is 9.90. The monoisotopic (exact) mass is 208 g/mol. The maximum absolute atomic E-state index is 3.80. The van der Waals surface area contributed by atoms with E-state index in [0.29, 0.717) is 11.1 Å². The van der Waals surface area contributed by atoms with Crippen molar-refractivity contribution < 1.29 is 0 Å². The van der Waals surface area contributed by atoms with Crippen molar-refractivity contribution in [3.05, 3.63) is 0 Å². The van der Waals surface area contributed by atoms with E-state index in [0.717, 1.165) is 12.0 Å². The first kappa shape index (κ1) is 10.1. The average molecular weight is 208 g/mol. The zero-order chi connectivity index (χ0) is 10.7. The summed E-state index contributed by atoms with van der Waals surface area (Å²) in [6.45, 7) is 9.72. The molecule has 0 aromatic carbocycles. The van der Waals surface area contributed by atoms with E-state index in [9.17, 15) is 0 Å². The third-order valence-electron chi connectivity index (χ3n) is 4.98. The third-order valence-corrected chi connectivity index (χ3v) is 4.98. The van der Waals surface area contributed by atoms with Gasteiger partial charge in [0.2, 0.25) is 0 Å². The van der Waals surface area contributed by atoms with Crippen LogP contribution in [-0.4, -0.2) is 35.1 Å². The van der Waals surface area contributed by atoms with Crippen LogP contribution in [0.3, 0.4) is 0 Å². The standard InChI is InChI=1S/C13H24N2/c1-10-8-14-13(3,11-4-5-11)9-15(10)12(2)6-7-12/h10-11,14H,4-9H2,1-3H3. The Hall–Kier alpha value is -0.0800. The lowest BCUT2D eigenvalue weighted by Gasteiger charge is -2.48. The first-order chi connectivity index (χ1) is 7.04. The molecule has 0 amide bonds. The molecule has 2 unspecified atom stereocenters. The first-order valence-electron chi connectivity index (χ1n) is 6.55. The summed E-state index contributed by atoms with van der Waals surface area (Å²) in [4.78, 5) is 2.78. The van der Waals surface area contributed by atoms with Crippen LogP contribution in [-0.2, 0) is 0 Å². The van der Waals surface area contributed by atoms with Crippen LogP contribution in [0.2, 0.25) is 0 Å². The first-order valence-corrected chi connectivity index (χ1v) is 6.55. The van der Waals surface area contributed by atoms with Crippen LogP contribution in [0.4, 0.5) is 0 Å². The van der Waals surface area contributed by atoms with Gasteiger partial charge in [-0.15, -0.1) is 0 Å². The third kappa shape index (κ3) is 1.62. The molecule has 15 heavy (non-hydrogen) atoms. The summed E-state index contributed by atoms with van der Waals surface area (Å²) in [7, 11) is 0. The molecule has 1 N–H and O–H groups in total. The predicted octanol–water partition coefficient (Wildman–Crippen LogP) is 2.00. The smallest absolute Gasteiger partial charge is 0.0309 e. The molecule has 2 nitrogen and oxygen atoms in total. The minimum atomic E-state index is 0.415. The Balaban J connectivity index is 1.76. The van der Waals surface area contributed by atoms with E-state index in [1.165, 1.54) is 38.8 Å². The molecule has 1 saturated heterocycles. The molecular formula is C13H24N2. The van der Waals surface area contributed by atoms with Gasteiger partial charge in [0.05, 0.1) is 0 Å². The van der Waals surface area contributed by atoms with Gasteiger partial charge in [-0.25, -0.2) is 0 Å². The number of rotatable bonds is 2. The van der Waals surface area contributed by atoms with E-state index < -0.39 is 0 Å². The summed E-state index contributed by atoms with van der Waals surface area (Å²) in [6.07, 6.45) is 5.72. The van der Waals surface area contributed by atoms with Gasteiger partial charge in [0, 0.05) is 30.2 Å². The van der Waals surface area contributed by atoms with E-state index in [4.69, 9.17) is 0 Å². The molecule has 0 aromatic rings. The second-order valence-electron chi connectivity index (χ2n) is 6.55. The van der Waals surface area contributed by atoms with E-state index in [1.54, 1.807) is 0 Å². The molecule has 3 fully saturated rings. The van der Waals surface area contributed by atoms with Crippen molar-refractivity contribution in [3.63, 3.8) is 0 Å². The maximum Gasteiger partial charge on any atom is 0.0309 e. The lowest BCUT2D eigenvalue weighted by Crippen LogP contribution is -2.65. The van der Waals surface area contributed by atoms with Crippen molar-refractivity contribution in [2.75, 3.05) is 13.1 Å². The van der Waals surface area contributed by atoms with E-state index in [1.807, 2.05) is 0 Å². The van der Waals surface area contributed by atoms with Gasteiger partial charge in [0.15, 0.2) is 0 Å². The molecule has 3 rings (SSSR count). The van der Waals surface area contributed by atoms with E-state index in [-0.39, 0.29) is 0 Å². The van der Waals surface area contributed by atoms with Crippen molar-refractivity contribution in [2.24, 2.45) is 5.92 Å². The number of piperazine rings is 1. The largest absolute Gasteiger partial charge is 0.308 e. The van der Waals surface area contributed by atoms with Crippen LogP contribution >= 0.6 is 0 Å². The molecule has 0 aromatic heterocycles. The fourth-order valence-corrected chi connectivity index (χ4v) is 3.24. The minimum Gasteiger partial charge on any atom is -0.308 e. The zero-order valence-electron chi connectivity index (χ0n) is 10.3. The lowest BCUT2D eigenvalue weighted by molar-refractivity contribution is 0.0417. The normalized spacial score (nSPS) is 45.4. The average Bonchev–Trinajstić information content (AvgIpc) is 3.02. The molecule has 3 aliphatic rings. The summed E-state index contributed by atoms with van der Waals surface area (Å²) in [5.74, 6) is 0.954. The van der Waals surface area contributed by atoms with Crippen LogP contribution in [0.15, 0.2) is 0 Å². The van der Waals surface area contributed by atoms with Crippen LogP contribution < -0.4 is 5.32 Å². The molecule has 1 aliphatic heterocycles. The Kier molecular flexibility index (Phi) is 2.01. The molecule has 2 aliphatic carbocycles. The quantitative estimate of drug-likeness (QED) is 0.746. The van der Waals surface area contributed by atoms with Crippen LogP contribution in [0.1, 0.15) is 46.5 Å². The van der Waals surface area contributed by atoms with Crippen molar-refractivity contribution in [1.82, 2.24) is 10.2 Å². The Labute approximate surface area is 93.4 Å². The molecule has 0 bridgehead atoms. The second-order valence-corrected chi connectivity index (χ2v) is 6.55. The summed E-state index contributed by atoms with van der Waals surface area (Å²) < 4.78 is 0. The van der Waals surface area contributed by atoms with Crippen molar-refractivity contribution in [2.45, 2.75) is 63.6 Å². The van der Waals surface area contributed by atoms with Crippen molar-refractivity contribution in [3.8, 4) is 0 Å². The highest BCUT2D eigenvalue weighted by Gasteiger charge is 2.52. The van der Waals surface area contributed by atoms with Gasteiger partial charge in [-0.3, -0.25) is 4.90 Å². The van der Waals surface area contributed by atoms with Crippen LogP contribution in [0.5, 0.6) is 0 Å². The molecular weight excluding hydrogens is 184 g/mol. The topological polar surface area (TPSA) is 15.3 Å². The highest BCUT2D eigenvalue weighted by atomic mass is 15.3. The molecule has 1 heterocycles. The van der Waals surface area contributed by atoms with Crippen molar-refractivity contribution >= 4 is 0 Å². The predicted molar refractivity (Wildman–Crippen MR) is 62.9 cm³/mol. The maximum atomic E-state index is 3.80. The van der Waals surface area contributed by atoms with E-state index in [2.05, 4.69) is 31.0 Å². The second kappa shape index (κ2) is 2.98. The Morgan fingerprint density at radius 1 is 1.20 bits per heavy atom. The highest BCUT2D eigenvalue weighted by Crippen LogP contribution is 2.47. The van der Waals surface area contributed by atoms with Gasteiger partial charge in [-0.1, -0.05) is 0 Å².